The molecule has 0 spiro atoms. The van der Waals surface area contributed by atoms with Gasteiger partial charge in [0.2, 0.25) is 0 Å². The van der Waals surface area contributed by atoms with Crippen LogP contribution in [0.2, 0.25) is 0 Å². The van der Waals surface area contributed by atoms with E-state index in [4.69, 9.17) is 4.74 Å². The highest BCUT2D eigenvalue weighted by molar-refractivity contribution is 6.05. The lowest BCUT2D eigenvalue weighted by atomic mass is 9.93. The number of Topliss-reactive ketones (excluding diaryl/α,β-unsaturated/α-hetero) is 1. The van der Waals surface area contributed by atoms with Crippen LogP contribution in [-0.4, -0.2) is 35.0 Å². The number of hydrogen-bond donors (Lipinski definition) is 0. The molecule has 0 amide bonds. The first-order valence-electron chi connectivity index (χ1n) is 6.54. The van der Waals surface area contributed by atoms with Gasteiger partial charge < -0.3 is 9.64 Å². The zero-order valence-corrected chi connectivity index (χ0v) is 11.4. The van der Waals surface area contributed by atoms with Gasteiger partial charge in [-0.3, -0.25) is 4.79 Å². The summed E-state index contributed by atoms with van der Waals surface area (Å²) in [6.45, 7) is 9.80. The summed E-state index contributed by atoms with van der Waals surface area (Å²) in [6.07, 6.45) is 5.79. The van der Waals surface area contributed by atoms with Gasteiger partial charge in [-0.1, -0.05) is 0 Å². The van der Waals surface area contributed by atoms with E-state index >= 15 is 0 Å². The van der Waals surface area contributed by atoms with Crippen LogP contribution in [-0.2, 0) is 9.53 Å². The van der Waals surface area contributed by atoms with E-state index in [1.54, 1.807) is 0 Å². The lowest BCUT2D eigenvalue weighted by Crippen LogP contribution is -2.29. The van der Waals surface area contributed by atoms with Crippen LogP contribution in [0, 0.1) is 0 Å². The molecule has 2 heterocycles. The van der Waals surface area contributed by atoms with Gasteiger partial charge in [-0.25, -0.2) is 0 Å². The van der Waals surface area contributed by atoms with Crippen molar-refractivity contribution in [1.82, 2.24) is 4.90 Å². The molecule has 0 aliphatic carbocycles. The van der Waals surface area contributed by atoms with Crippen LogP contribution in [0.25, 0.3) is 0 Å². The van der Waals surface area contributed by atoms with Crippen molar-refractivity contribution >= 4 is 5.78 Å². The number of ether oxygens (including phenoxy) is 1. The molecule has 3 nitrogen and oxygen atoms in total. The zero-order chi connectivity index (χ0) is 12.7. The van der Waals surface area contributed by atoms with E-state index in [9.17, 15) is 4.79 Å². The smallest absolute Gasteiger partial charge is 0.194 e. The van der Waals surface area contributed by atoms with Crippen LogP contribution in [0.15, 0.2) is 11.8 Å². The normalized spacial score (nSPS) is 30.0. The largest absolute Gasteiger partial charge is 0.377 e. The maximum absolute atomic E-state index is 12.3. The quantitative estimate of drug-likeness (QED) is 0.656. The summed E-state index contributed by atoms with van der Waals surface area (Å²) in [5.41, 5.74) is -0.312. The molecule has 2 fully saturated rings. The van der Waals surface area contributed by atoms with Crippen LogP contribution < -0.4 is 0 Å². The van der Waals surface area contributed by atoms with Crippen molar-refractivity contribution in [3.05, 3.63) is 11.8 Å². The van der Waals surface area contributed by atoms with Crippen molar-refractivity contribution in [1.29, 1.82) is 0 Å². The molecule has 17 heavy (non-hydrogen) atoms. The molecule has 2 saturated heterocycles. The fourth-order valence-electron chi connectivity index (χ4n) is 2.78. The molecule has 0 atom stereocenters. The summed E-state index contributed by atoms with van der Waals surface area (Å²) in [4.78, 5) is 14.6. The number of hydrogen-bond acceptors (Lipinski definition) is 3. The topological polar surface area (TPSA) is 29.5 Å². The van der Waals surface area contributed by atoms with Crippen molar-refractivity contribution in [3.8, 4) is 0 Å². The van der Waals surface area contributed by atoms with E-state index in [2.05, 4.69) is 4.90 Å². The summed E-state index contributed by atoms with van der Waals surface area (Å²) in [5.74, 6) is 0.132. The van der Waals surface area contributed by atoms with Crippen LogP contribution in [0.5, 0.6) is 0 Å². The van der Waals surface area contributed by atoms with Crippen LogP contribution in [0.1, 0.15) is 47.0 Å². The summed E-state index contributed by atoms with van der Waals surface area (Å²) in [6, 6.07) is 0. The molecule has 0 aromatic rings. The Morgan fingerprint density at radius 3 is 2.12 bits per heavy atom. The van der Waals surface area contributed by atoms with Gasteiger partial charge in [-0.15, -0.1) is 0 Å². The number of carbonyl (C=O) groups is 1. The summed E-state index contributed by atoms with van der Waals surface area (Å²) < 4.78 is 5.86. The average Bonchev–Trinajstić information content (AvgIpc) is 2.38. The van der Waals surface area contributed by atoms with Crippen LogP contribution in [0.4, 0.5) is 0 Å². The molecule has 2 aliphatic rings. The Morgan fingerprint density at radius 2 is 1.65 bits per heavy atom. The first kappa shape index (κ1) is 12.6. The monoisotopic (exact) mass is 237 g/mol. The molecular formula is C14H23NO2. The number of rotatable bonds is 1. The van der Waals surface area contributed by atoms with Gasteiger partial charge >= 0.3 is 0 Å². The molecular weight excluding hydrogens is 214 g/mol. The highest BCUT2D eigenvalue weighted by Gasteiger charge is 2.49. The van der Waals surface area contributed by atoms with Crippen molar-refractivity contribution in [2.75, 3.05) is 13.1 Å². The van der Waals surface area contributed by atoms with Crippen molar-refractivity contribution in [2.45, 2.75) is 58.2 Å². The molecule has 0 bridgehead atoms. The maximum atomic E-state index is 12.3. The second kappa shape index (κ2) is 4.13. The summed E-state index contributed by atoms with van der Waals surface area (Å²) in [7, 11) is 0. The second-order valence-corrected chi connectivity index (χ2v) is 6.09. The Hall–Kier alpha value is -0.830. The number of nitrogens with zero attached hydrogens (tertiary/aromatic N) is 1. The second-order valence-electron chi connectivity index (χ2n) is 6.09. The van der Waals surface area contributed by atoms with Crippen LogP contribution in [0.3, 0.4) is 0 Å². The van der Waals surface area contributed by atoms with E-state index in [0.29, 0.717) is 0 Å². The third kappa shape index (κ3) is 2.39. The summed E-state index contributed by atoms with van der Waals surface area (Å²) >= 11 is 0. The van der Waals surface area contributed by atoms with Gasteiger partial charge in [0.25, 0.3) is 0 Å². The maximum Gasteiger partial charge on any atom is 0.194 e. The number of carbonyl (C=O) groups excluding carboxylic acids is 1. The molecule has 96 valence electrons. The molecule has 2 rings (SSSR count). The highest BCUT2D eigenvalue weighted by Crippen LogP contribution is 2.38. The third-order valence-corrected chi connectivity index (χ3v) is 3.65. The molecule has 0 aromatic heterocycles. The van der Waals surface area contributed by atoms with Crippen molar-refractivity contribution < 1.29 is 9.53 Å². The van der Waals surface area contributed by atoms with E-state index in [-0.39, 0.29) is 5.78 Å². The lowest BCUT2D eigenvalue weighted by Gasteiger charge is -2.27. The minimum atomic E-state index is -0.675. The minimum Gasteiger partial charge on any atom is -0.377 e. The van der Waals surface area contributed by atoms with Gasteiger partial charge in [0.1, 0.15) is 5.60 Å². The summed E-state index contributed by atoms with van der Waals surface area (Å²) in [5, 5.41) is 0. The first-order chi connectivity index (χ1) is 7.83. The van der Waals surface area contributed by atoms with Gasteiger partial charge in [-0.2, -0.15) is 0 Å². The molecule has 3 heteroatoms. The number of ketones is 1. The molecule has 2 aliphatic heterocycles. The Labute approximate surface area is 104 Å². The predicted octanol–water partition coefficient (Wildman–Crippen LogP) is 2.51. The van der Waals surface area contributed by atoms with Crippen molar-refractivity contribution in [3.63, 3.8) is 0 Å². The lowest BCUT2D eigenvalue weighted by molar-refractivity contribution is -0.132. The van der Waals surface area contributed by atoms with Crippen molar-refractivity contribution in [2.24, 2.45) is 0 Å². The highest BCUT2D eigenvalue weighted by atomic mass is 16.5. The van der Waals surface area contributed by atoms with E-state index in [1.807, 2.05) is 33.9 Å². The fraction of sp³-hybridized carbons (Fsp3) is 0.786. The predicted molar refractivity (Wildman–Crippen MR) is 67.8 cm³/mol. The molecule has 0 saturated carbocycles. The van der Waals surface area contributed by atoms with Gasteiger partial charge in [0.15, 0.2) is 5.78 Å². The Kier molecular flexibility index (Phi) is 3.06. The average molecular weight is 237 g/mol. The van der Waals surface area contributed by atoms with E-state index < -0.39 is 11.2 Å². The molecule has 0 unspecified atom stereocenters. The molecule has 0 radical (unpaired) electrons. The SMILES string of the molecule is CC1(C)OC(C)(C)/C(=C/N2CCCCC2)C1=O. The Morgan fingerprint density at radius 1 is 1.06 bits per heavy atom. The first-order valence-corrected chi connectivity index (χ1v) is 6.54. The number of piperidine rings is 1. The number of likely N-dealkylation sites (tertiary alicyclic amines) is 1. The minimum absolute atomic E-state index is 0.132. The Bertz CT molecular complexity index is 349. The molecule has 0 N–H and O–H groups in total. The molecule has 0 aromatic carbocycles. The zero-order valence-electron chi connectivity index (χ0n) is 11.4. The van der Waals surface area contributed by atoms with Gasteiger partial charge in [0.05, 0.1) is 5.60 Å². The van der Waals surface area contributed by atoms with Gasteiger partial charge in [-0.05, 0) is 47.0 Å². The van der Waals surface area contributed by atoms with E-state index in [0.717, 1.165) is 18.7 Å². The standard InChI is InChI=1S/C14H23NO2/c1-13(2)11(12(16)14(3,4)17-13)10-15-8-6-5-7-9-15/h10H,5-9H2,1-4H3/b11-10+. The van der Waals surface area contributed by atoms with E-state index in [1.165, 1.54) is 19.3 Å². The third-order valence-electron chi connectivity index (χ3n) is 3.65. The Balaban J connectivity index is 2.23. The van der Waals surface area contributed by atoms with Crippen LogP contribution >= 0.6 is 0 Å². The fourth-order valence-corrected chi connectivity index (χ4v) is 2.78. The van der Waals surface area contributed by atoms with Gasteiger partial charge in [0, 0.05) is 24.9 Å².